The average Bonchev–Trinajstić information content (AvgIpc) is 2.83. The maximum Gasteiger partial charge on any atom is 0.180 e. The zero-order chi connectivity index (χ0) is 14.5. The second-order valence-electron chi connectivity index (χ2n) is 4.38. The molecule has 1 aromatic carbocycles. The second-order valence-corrected chi connectivity index (χ2v) is 4.79. The van der Waals surface area contributed by atoms with E-state index in [1.165, 1.54) is 0 Å². The van der Waals surface area contributed by atoms with E-state index in [4.69, 9.17) is 21.1 Å². The number of hydrogen-bond acceptors (Lipinski definition) is 4. The molecule has 0 spiro atoms. The predicted molar refractivity (Wildman–Crippen MR) is 78.3 cm³/mol. The van der Waals surface area contributed by atoms with E-state index in [2.05, 4.69) is 10.3 Å². The van der Waals surface area contributed by atoms with Crippen LogP contribution in [0.5, 0.6) is 11.5 Å². The van der Waals surface area contributed by atoms with Crippen molar-refractivity contribution in [2.75, 3.05) is 14.2 Å². The number of nitrogens with one attached hydrogen (secondary N) is 1. The van der Waals surface area contributed by atoms with Crippen molar-refractivity contribution in [1.82, 2.24) is 14.9 Å². The van der Waals surface area contributed by atoms with Crippen LogP contribution in [-0.2, 0) is 20.2 Å². The largest absolute Gasteiger partial charge is 0.493 e. The number of halogens is 1. The third kappa shape index (κ3) is 3.23. The summed E-state index contributed by atoms with van der Waals surface area (Å²) in [6, 6.07) is 3.78. The molecule has 0 saturated carbocycles. The number of aromatic nitrogens is 2. The van der Waals surface area contributed by atoms with Crippen molar-refractivity contribution in [1.29, 1.82) is 0 Å². The van der Waals surface area contributed by atoms with E-state index in [0.29, 0.717) is 23.1 Å². The number of imidazole rings is 1. The van der Waals surface area contributed by atoms with Gasteiger partial charge in [0.25, 0.3) is 0 Å². The van der Waals surface area contributed by atoms with E-state index in [1.54, 1.807) is 13.3 Å². The Balaban J connectivity index is 2.20. The molecule has 2 rings (SSSR count). The maximum absolute atomic E-state index is 6.27. The fourth-order valence-electron chi connectivity index (χ4n) is 1.89. The van der Waals surface area contributed by atoms with Crippen LogP contribution in [0.2, 0.25) is 5.02 Å². The van der Waals surface area contributed by atoms with Gasteiger partial charge in [0.2, 0.25) is 0 Å². The molecule has 0 radical (unpaired) electrons. The Morgan fingerprint density at radius 2 is 2.20 bits per heavy atom. The third-order valence-electron chi connectivity index (χ3n) is 2.94. The predicted octanol–water partition coefficient (Wildman–Crippen LogP) is 2.38. The zero-order valence-corrected chi connectivity index (χ0v) is 12.6. The van der Waals surface area contributed by atoms with Gasteiger partial charge >= 0.3 is 0 Å². The summed E-state index contributed by atoms with van der Waals surface area (Å²) < 4.78 is 13.0. The van der Waals surface area contributed by atoms with Crippen molar-refractivity contribution in [2.45, 2.75) is 13.2 Å². The monoisotopic (exact) mass is 295 g/mol. The van der Waals surface area contributed by atoms with E-state index < -0.39 is 0 Å². The van der Waals surface area contributed by atoms with E-state index in [-0.39, 0.29) is 0 Å². The SMILES string of the molecule is CNCc1cc(Cl)c(OCc2nccn2C)c(OC)c1. The maximum atomic E-state index is 6.27. The zero-order valence-electron chi connectivity index (χ0n) is 11.8. The standard InChI is InChI=1S/C14H18ClN3O2/c1-16-8-10-6-11(15)14(12(7-10)19-3)20-9-13-17-4-5-18(13)2/h4-7,16H,8-9H2,1-3H3. The summed E-state index contributed by atoms with van der Waals surface area (Å²) in [5.74, 6) is 1.98. The van der Waals surface area contributed by atoms with Crippen LogP contribution in [0.15, 0.2) is 24.5 Å². The molecule has 6 heteroatoms. The van der Waals surface area contributed by atoms with Gasteiger partial charge in [0.1, 0.15) is 12.4 Å². The topological polar surface area (TPSA) is 48.3 Å². The summed E-state index contributed by atoms with van der Waals surface area (Å²) in [6.45, 7) is 1.06. The molecule has 1 N–H and O–H groups in total. The van der Waals surface area contributed by atoms with Crippen LogP contribution >= 0.6 is 11.6 Å². The van der Waals surface area contributed by atoms with Gasteiger partial charge in [0.05, 0.1) is 12.1 Å². The van der Waals surface area contributed by atoms with E-state index in [1.807, 2.05) is 37.0 Å². The molecular formula is C14H18ClN3O2. The molecule has 0 aliphatic heterocycles. The first-order valence-electron chi connectivity index (χ1n) is 6.25. The molecular weight excluding hydrogens is 278 g/mol. The fraction of sp³-hybridized carbons (Fsp3) is 0.357. The third-order valence-corrected chi connectivity index (χ3v) is 3.22. The van der Waals surface area contributed by atoms with Crippen molar-refractivity contribution >= 4 is 11.6 Å². The van der Waals surface area contributed by atoms with E-state index in [0.717, 1.165) is 17.9 Å². The Hall–Kier alpha value is -1.72. The number of benzene rings is 1. The number of hydrogen-bond donors (Lipinski definition) is 1. The molecule has 20 heavy (non-hydrogen) atoms. The molecule has 0 aliphatic rings. The molecule has 0 atom stereocenters. The molecule has 0 unspecified atom stereocenters. The van der Waals surface area contributed by atoms with Crippen LogP contribution in [0, 0.1) is 0 Å². The van der Waals surface area contributed by atoms with Gasteiger partial charge in [0, 0.05) is 26.0 Å². The summed E-state index contributed by atoms with van der Waals surface area (Å²) in [5.41, 5.74) is 1.04. The van der Waals surface area contributed by atoms with E-state index >= 15 is 0 Å². The molecule has 5 nitrogen and oxygen atoms in total. The first-order valence-corrected chi connectivity index (χ1v) is 6.63. The summed E-state index contributed by atoms with van der Waals surface area (Å²) in [4.78, 5) is 4.21. The smallest absolute Gasteiger partial charge is 0.180 e. The Morgan fingerprint density at radius 1 is 1.40 bits per heavy atom. The number of nitrogens with zero attached hydrogens (tertiary/aromatic N) is 2. The summed E-state index contributed by atoms with van der Waals surface area (Å²) in [6.07, 6.45) is 3.60. The highest BCUT2D eigenvalue weighted by Gasteiger charge is 2.13. The van der Waals surface area contributed by atoms with Crippen LogP contribution in [-0.4, -0.2) is 23.7 Å². The van der Waals surface area contributed by atoms with Crippen molar-refractivity contribution in [2.24, 2.45) is 7.05 Å². The minimum atomic E-state index is 0.338. The van der Waals surface area contributed by atoms with Crippen LogP contribution < -0.4 is 14.8 Å². The van der Waals surface area contributed by atoms with Gasteiger partial charge in [-0.1, -0.05) is 11.6 Å². The van der Waals surface area contributed by atoms with Crippen molar-refractivity contribution in [3.8, 4) is 11.5 Å². The molecule has 0 aliphatic carbocycles. The van der Waals surface area contributed by atoms with Gasteiger partial charge in [-0.05, 0) is 24.7 Å². The van der Waals surface area contributed by atoms with Gasteiger partial charge in [-0.3, -0.25) is 0 Å². The van der Waals surface area contributed by atoms with E-state index in [9.17, 15) is 0 Å². The minimum absolute atomic E-state index is 0.338. The molecule has 0 amide bonds. The molecule has 0 bridgehead atoms. The van der Waals surface area contributed by atoms with Gasteiger partial charge < -0.3 is 19.4 Å². The van der Waals surface area contributed by atoms with Crippen LogP contribution in [0.1, 0.15) is 11.4 Å². The molecule has 1 aromatic heterocycles. The Morgan fingerprint density at radius 3 is 2.80 bits per heavy atom. The van der Waals surface area contributed by atoms with Crippen molar-refractivity contribution in [3.05, 3.63) is 40.9 Å². The molecule has 1 heterocycles. The fourth-order valence-corrected chi connectivity index (χ4v) is 2.18. The van der Waals surface area contributed by atoms with Crippen molar-refractivity contribution < 1.29 is 9.47 Å². The lowest BCUT2D eigenvalue weighted by molar-refractivity contribution is 0.273. The number of rotatable bonds is 6. The number of methoxy groups -OCH3 is 1. The summed E-state index contributed by atoms with van der Waals surface area (Å²) in [5, 5.41) is 3.61. The Labute approximate surface area is 123 Å². The van der Waals surface area contributed by atoms with Crippen LogP contribution in [0.25, 0.3) is 0 Å². The highest BCUT2D eigenvalue weighted by atomic mass is 35.5. The van der Waals surface area contributed by atoms with Crippen molar-refractivity contribution in [3.63, 3.8) is 0 Å². The summed E-state index contributed by atoms with van der Waals surface area (Å²) in [7, 11) is 5.40. The van der Waals surface area contributed by atoms with Gasteiger partial charge in [0.15, 0.2) is 11.5 Å². The number of ether oxygens (including phenoxy) is 2. The lowest BCUT2D eigenvalue weighted by Gasteiger charge is -2.14. The molecule has 0 saturated heterocycles. The molecule has 2 aromatic rings. The average molecular weight is 296 g/mol. The van der Waals surface area contributed by atoms with Gasteiger partial charge in [-0.15, -0.1) is 0 Å². The first-order chi connectivity index (χ1) is 9.65. The summed E-state index contributed by atoms with van der Waals surface area (Å²) >= 11 is 6.27. The lowest BCUT2D eigenvalue weighted by atomic mass is 10.2. The van der Waals surface area contributed by atoms with Gasteiger partial charge in [-0.2, -0.15) is 0 Å². The second kappa shape index (κ2) is 6.63. The van der Waals surface area contributed by atoms with Gasteiger partial charge in [-0.25, -0.2) is 4.98 Å². The quantitative estimate of drug-likeness (QED) is 0.889. The first kappa shape index (κ1) is 14.7. The molecule has 108 valence electrons. The van der Waals surface area contributed by atoms with Crippen LogP contribution in [0.4, 0.5) is 0 Å². The van der Waals surface area contributed by atoms with Crippen LogP contribution in [0.3, 0.4) is 0 Å². The number of aryl methyl sites for hydroxylation is 1. The normalized spacial score (nSPS) is 10.6. The Bertz CT molecular complexity index is 584. The lowest BCUT2D eigenvalue weighted by Crippen LogP contribution is -2.07. The minimum Gasteiger partial charge on any atom is -0.493 e. The Kier molecular flexibility index (Phi) is 4.87. The highest BCUT2D eigenvalue weighted by Crippen LogP contribution is 2.36. The molecule has 0 fully saturated rings. The highest BCUT2D eigenvalue weighted by molar-refractivity contribution is 6.32.